The van der Waals surface area contributed by atoms with Crippen LogP contribution >= 0.6 is 0 Å². The van der Waals surface area contributed by atoms with E-state index in [1.807, 2.05) is 11.6 Å². The molecule has 0 saturated heterocycles. The lowest BCUT2D eigenvalue weighted by molar-refractivity contribution is 0.0652. The lowest BCUT2D eigenvalue weighted by Crippen LogP contribution is -2.47. The third-order valence-corrected chi connectivity index (χ3v) is 5.43. The molecule has 1 unspecified atom stereocenters. The molecule has 1 atom stereocenters. The predicted octanol–water partition coefficient (Wildman–Crippen LogP) is 1.22. The van der Waals surface area contributed by atoms with Crippen LogP contribution in [0.5, 0.6) is 0 Å². The average Bonchev–Trinajstić information content (AvgIpc) is 3.31. The summed E-state index contributed by atoms with van der Waals surface area (Å²) in [5.41, 5.74) is 1.00. The maximum absolute atomic E-state index is 12.4. The summed E-state index contributed by atoms with van der Waals surface area (Å²) in [6, 6.07) is 7.25. The van der Waals surface area contributed by atoms with Crippen molar-refractivity contribution in [3.63, 3.8) is 0 Å². The van der Waals surface area contributed by atoms with Gasteiger partial charge in [-0.2, -0.15) is 5.10 Å². The quantitative estimate of drug-likeness (QED) is 0.308. The minimum absolute atomic E-state index is 0.195. The van der Waals surface area contributed by atoms with Crippen molar-refractivity contribution in [2.24, 2.45) is 4.99 Å². The number of hydrogen-bond acceptors (Lipinski definition) is 5. The van der Waals surface area contributed by atoms with Crippen molar-refractivity contribution in [1.82, 2.24) is 30.3 Å². The second-order valence-electron chi connectivity index (χ2n) is 7.51. The van der Waals surface area contributed by atoms with Gasteiger partial charge in [0.25, 0.3) is 11.8 Å². The van der Waals surface area contributed by atoms with E-state index in [2.05, 4.69) is 25.7 Å². The second kappa shape index (κ2) is 9.06. The first kappa shape index (κ1) is 20.1. The van der Waals surface area contributed by atoms with Crippen LogP contribution in [0.3, 0.4) is 0 Å². The molecule has 0 aliphatic carbocycles. The highest BCUT2D eigenvalue weighted by molar-refractivity contribution is 6.21. The highest BCUT2D eigenvalue weighted by atomic mass is 16.2. The van der Waals surface area contributed by atoms with Crippen LogP contribution in [0.15, 0.2) is 35.6 Å². The number of fused-ring (bicyclic) bond motifs is 2. The van der Waals surface area contributed by atoms with Crippen LogP contribution in [0.1, 0.15) is 52.7 Å². The SMILES string of the molecule is CCNC(=NCCCCN1C(=O)c2ccccc2C1=O)NC1CCc2ncnn2C1. The number of aliphatic imine (C=N–C) groups is 1. The number of nitrogens with zero attached hydrogens (tertiary/aromatic N) is 5. The molecule has 30 heavy (non-hydrogen) atoms. The Morgan fingerprint density at radius 2 is 1.97 bits per heavy atom. The Balaban J connectivity index is 1.25. The zero-order chi connectivity index (χ0) is 20.9. The summed E-state index contributed by atoms with van der Waals surface area (Å²) in [5.74, 6) is 1.42. The Kier molecular flexibility index (Phi) is 6.06. The van der Waals surface area contributed by atoms with Gasteiger partial charge >= 0.3 is 0 Å². The number of aromatic nitrogens is 3. The molecule has 2 N–H and O–H groups in total. The zero-order valence-electron chi connectivity index (χ0n) is 17.2. The summed E-state index contributed by atoms with van der Waals surface area (Å²) in [4.78, 5) is 35.1. The van der Waals surface area contributed by atoms with E-state index in [9.17, 15) is 9.59 Å². The van der Waals surface area contributed by atoms with Gasteiger partial charge < -0.3 is 10.6 Å². The monoisotopic (exact) mass is 409 g/mol. The van der Waals surface area contributed by atoms with E-state index in [4.69, 9.17) is 0 Å². The number of rotatable bonds is 7. The first-order valence-electron chi connectivity index (χ1n) is 10.5. The number of amides is 2. The van der Waals surface area contributed by atoms with Crippen LogP contribution in [0.4, 0.5) is 0 Å². The Labute approximate surface area is 175 Å². The predicted molar refractivity (Wildman–Crippen MR) is 112 cm³/mol. The van der Waals surface area contributed by atoms with E-state index >= 15 is 0 Å². The molecule has 0 radical (unpaired) electrons. The van der Waals surface area contributed by atoms with Gasteiger partial charge in [0.05, 0.1) is 17.7 Å². The van der Waals surface area contributed by atoms with Crippen LogP contribution in [0.25, 0.3) is 0 Å². The lowest BCUT2D eigenvalue weighted by Gasteiger charge is -2.25. The van der Waals surface area contributed by atoms with Crippen LogP contribution in [0.2, 0.25) is 0 Å². The van der Waals surface area contributed by atoms with Crippen molar-refractivity contribution in [2.75, 3.05) is 19.6 Å². The minimum atomic E-state index is -0.195. The fourth-order valence-corrected chi connectivity index (χ4v) is 3.88. The van der Waals surface area contributed by atoms with Crippen molar-refractivity contribution in [3.8, 4) is 0 Å². The Morgan fingerprint density at radius 3 is 2.70 bits per heavy atom. The Hall–Kier alpha value is -3.23. The van der Waals surface area contributed by atoms with E-state index in [0.717, 1.165) is 50.6 Å². The molecule has 9 nitrogen and oxygen atoms in total. The molecule has 0 spiro atoms. The summed E-state index contributed by atoms with van der Waals surface area (Å²) in [5, 5.41) is 11.0. The molecule has 3 heterocycles. The molecule has 2 aliphatic heterocycles. The first-order valence-corrected chi connectivity index (χ1v) is 10.5. The highest BCUT2D eigenvalue weighted by Gasteiger charge is 2.34. The molecule has 158 valence electrons. The summed E-state index contributed by atoms with van der Waals surface area (Å²) in [6.45, 7) is 4.64. The number of aryl methyl sites for hydroxylation is 1. The smallest absolute Gasteiger partial charge is 0.261 e. The summed E-state index contributed by atoms with van der Waals surface area (Å²) in [7, 11) is 0. The van der Waals surface area contributed by atoms with E-state index in [1.165, 1.54) is 4.90 Å². The summed E-state index contributed by atoms with van der Waals surface area (Å²) < 4.78 is 1.94. The van der Waals surface area contributed by atoms with Crippen molar-refractivity contribution >= 4 is 17.8 Å². The van der Waals surface area contributed by atoms with Crippen molar-refractivity contribution in [1.29, 1.82) is 0 Å². The van der Waals surface area contributed by atoms with Crippen molar-refractivity contribution < 1.29 is 9.59 Å². The van der Waals surface area contributed by atoms with Gasteiger partial charge in [-0.3, -0.25) is 19.5 Å². The first-order chi connectivity index (χ1) is 14.7. The van der Waals surface area contributed by atoms with Gasteiger partial charge in [-0.15, -0.1) is 0 Å². The van der Waals surface area contributed by atoms with Gasteiger partial charge in [-0.05, 0) is 38.3 Å². The Bertz CT molecular complexity index is 917. The number of imide groups is 1. The topological polar surface area (TPSA) is 105 Å². The fraction of sp³-hybridized carbons (Fsp3) is 0.476. The largest absolute Gasteiger partial charge is 0.357 e. The van der Waals surface area contributed by atoms with E-state index in [0.29, 0.717) is 24.2 Å². The van der Waals surface area contributed by atoms with Crippen LogP contribution in [-0.4, -0.2) is 63.1 Å². The van der Waals surface area contributed by atoms with Crippen molar-refractivity contribution in [2.45, 2.75) is 45.2 Å². The molecule has 1 aromatic heterocycles. The number of benzene rings is 1. The van der Waals surface area contributed by atoms with E-state index in [-0.39, 0.29) is 17.9 Å². The number of carbonyl (C=O) groups is 2. The number of unbranched alkanes of at least 4 members (excludes halogenated alkanes) is 1. The molecule has 0 bridgehead atoms. The highest BCUT2D eigenvalue weighted by Crippen LogP contribution is 2.22. The van der Waals surface area contributed by atoms with Gasteiger partial charge in [0.2, 0.25) is 0 Å². The van der Waals surface area contributed by atoms with Gasteiger partial charge in [-0.25, -0.2) is 9.67 Å². The van der Waals surface area contributed by atoms with Crippen LogP contribution in [0, 0.1) is 0 Å². The zero-order valence-corrected chi connectivity index (χ0v) is 17.2. The Morgan fingerprint density at radius 1 is 1.20 bits per heavy atom. The average molecular weight is 409 g/mol. The van der Waals surface area contributed by atoms with Gasteiger partial charge in [0, 0.05) is 32.1 Å². The maximum Gasteiger partial charge on any atom is 0.261 e. The molecular weight excluding hydrogens is 382 g/mol. The van der Waals surface area contributed by atoms with Gasteiger partial charge in [-0.1, -0.05) is 12.1 Å². The van der Waals surface area contributed by atoms with E-state index < -0.39 is 0 Å². The fourth-order valence-electron chi connectivity index (χ4n) is 3.88. The standard InChI is InChI=1S/C21H27N7O2/c1-2-22-21(26-15-9-10-18-24-14-25-28(18)13-15)23-11-5-6-12-27-19(29)16-7-3-4-8-17(16)20(27)30/h3-4,7-8,14-15H,2,5-6,9-13H2,1H3,(H2,22,23,26). The van der Waals surface area contributed by atoms with Gasteiger partial charge in [0.15, 0.2) is 5.96 Å². The molecule has 9 heteroatoms. The molecular formula is C21H27N7O2. The molecule has 2 aliphatic rings. The summed E-state index contributed by atoms with van der Waals surface area (Å²) >= 11 is 0. The van der Waals surface area contributed by atoms with Crippen LogP contribution in [-0.2, 0) is 13.0 Å². The number of hydrogen-bond donors (Lipinski definition) is 2. The normalized spacial score (nSPS) is 18.4. The third kappa shape index (κ3) is 4.19. The molecule has 4 rings (SSSR count). The van der Waals surface area contributed by atoms with Crippen molar-refractivity contribution in [3.05, 3.63) is 47.5 Å². The molecule has 2 aromatic rings. The second-order valence-corrected chi connectivity index (χ2v) is 7.51. The van der Waals surface area contributed by atoms with Gasteiger partial charge in [0.1, 0.15) is 12.2 Å². The summed E-state index contributed by atoms with van der Waals surface area (Å²) in [6.07, 6.45) is 5.01. The number of nitrogens with one attached hydrogen (secondary N) is 2. The maximum atomic E-state index is 12.4. The molecule has 1 aromatic carbocycles. The number of carbonyl (C=O) groups excluding carboxylic acids is 2. The molecule has 2 amide bonds. The molecule has 0 fully saturated rings. The number of guanidine groups is 1. The van der Waals surface area contributed by atoms with E-state index in [1.54, 1.807) is 30.6 Å². The lowest BCUT2D eigenvalue weighted by atomic mass is 10.1. The van der Waals surface area contributed by atoms with Crippen LogP contribution < -0.4 is 10.6 Å². The third-order valence-electron chi connectivity index (χ3n) is 5.43. The molecule has 0 saturated carbocycles. The minimum Gasteiger partial charge on any atom is -0.357 e.